The first-order valence-corrected chi connectivity index (χ1v) is 9.97. The summed E-state index contributed by atoms with van der Waals surface area (Å²) in [6.45, 7) is 4.09. The van der Waals surface area contributed by atoms with Crippen LogP contribution >= 0.6 is 11.3 Å². The number of thiazole rings is 1. The van der Waals surface area contributed by atoms with Crippen molar-refractivity contribution in [2.24, 2.45) is 0 Å². The molecule has 3 rings (SSSR count). The Labute approximate surface area is 169 Å². The molecule has 0 bridgehead atoms. The lowest BCUT2D eigenvalue weighted by Crippen LogP contribution is -2.11. The Hall–Kier alpha value is -2.86. The smallest absolute Gasteiger partial charge is 0.257 e. The van der Waals surface area contributed by atoms with Gasteiger partial charge in [-0.25, -0.2) is 4.98 Å². The molecule has 0 aliphatic rings. The molecular formula is C22H24N2O3S. The molecule has 0 radical (unpaired) electrons. The van der Waals surface area contributed by atoms with E-state index in [0.29, 0.717) is 10.7 Å². The van der Waals surface area contributed by atoms with Gasteiger partial charge >= 0.3 is 0 Å². The van der Waals surface area contributed by atoms with Gasteiger partial charge in [0, 0.05) is 16.0 Å². The van der Waals surface area contributed by atoms with Crippen LogP contribution in [-0.2, 0) is 6.42 Å². The van der Waals surface area contributed by atoms with Crippen molar-refractivity contribution < 1.29 is 14.3 Å². The number of carbonyl (C=O) groups excluding carboxylic acids is 1. The number of methoxy groups -OCH3 is 2. The molecular weight excluding hydrogens is 372 g/mol. The number of rotatable bonds is 7. The minimum absolute atomic E-state index is 0.162. The van der Waals surface area contributed by atoms with Gasteiger partial charge in [0.05, 0.1) is 19.9 Å². The Morgan fingerprint density at radius 1 is 1.14 bits per heavy atom. The molecule has 0 aliphatic carbocycles. The molecule has 0 atom stereocenters. The van der Waals surface area contributed by atoms with Crippen LogP contribution in [0.1, 0.15) is 34.1 Å². The third kappa shape index (κ3) is 4.34. The standard InChI is InChI=1S/C22H24N2O3S/c1-5-7-19-20(17-13-16(26-3)10-11-18(17)27-4)23-22(28-19)24-21(25)15-9-6-8-14(2)12-15/h6,8-13H,5,7H2,1-4H3,(H,23,24,25). The predicted octanol–water partition coefficient (Wildman–Crippen LogP) is 5.34. The van der Waals surface area contributed by atoms with E-state index in [0.717, 1.165) is 46.0 Å². The van der Waals surface area contributed by atoms with Gasteiger partial charge < -0.3 is 9.47 Å². The van der Waals surface area contributed by atoms with Crippen molar-refractivity contribution in [2.45, 2.75) is 26.7 Å². The summed E-state index contributed by atoms with van der Waals surface area (Å²) >= 11 is 1.50. The molecule has 1 amide bonds. The van der Waals surface area contributed by atoms with E-state index in [1.165, 1.54) is 11.3 Å². The van der Waals surface area contributed by atoms with Crippen LogP contribution in [-0.4, -0.2) is 25.1 Å². The van der Waals surface area contributed by atoms with E-state index in [4.69, 9.17) is 14.5 Å². The maximum absolute atomic E-state index is 12.6. The van der Waals surface area contributed by atoms with Crippen LogP contribution in [0.5, 0.6) is 11.5 Å². The van der Waals surface area contributed by atoms with Crippen molar-refractivity contribution in [2.75, 3.05) is 19.5 Å². The van der Waals surface area contributed by atoms with Crippen LogP contribution in [0.4, 0.5) is 5.13 Å². The van der Waals surface area contributed by atoms with E-state index in [1.54, 1.807) is 20.3 Å². The third-order valence-corrected chi connectivity index (χ3v) is 5.37. The minimum atomic E-state index is -0.162. The number of hydrogen-bond donors (Lipinski definition) is 1. The highest BCUT2D eigenvalue weighted by atomic mass is 32.1. The molecule has 3 aromatic rings. The minimum Gasteiger partial charge on any atom is -0.497 e. The molecule has 5 nitrogen and oxygen atoms in total. The Bertz CT molecular complexity index is 982. The van der Waals surface area contributed by atoms with Crippen LogP contribution in [0.2, 0.25) is 0 Å². The van der Waals surface area contributed by atoms with Gasteiger partial charge in [-0.3, -0.25) is 10.1 Å². The van der Waals surface area contributed by atoms with Crippen molar-refractivity contribution in [3.63, 3.8) is 0 Å². The molecule has 0 aliphatic heterocycles. The number of hydrogen-bond acceptors (Lipinski definition) is 5. The lowest BCUT2D eigenvalue weighted by molar-refractivity contribution is 0.102. The van der Waals surface area contributed by atoms with Crippen LogP contribution < -0.4 is 14.8 Å². The first-order valence-electron chi connectivity index (χ1n) is 9.15. The molecule has 1 N–H and O–H groups in total. The molecule has 6 heteroatoms. The van der Waals surface area contributed by atoms with Gasteiger partial charge in [0.2, 0.25) is 0 Å². The number of benzene rings is 2. The predicted molar refractivity (Wildman–Crippen MR) is 114 cm³/mol. The van der Waals surface area contributed by atoms with Gasteiger partial charge in [-0.1, -0.05) is 31.0 Å². The fourth-order valence-corrected chi connectivity index (χ4v) is 4.04. The zero-order valence-electron chi connectivity index (χ0n) is 16.5. The van der Waals surface area contributed by atoms with Crippen LogP contribution in [0, 0.1) is 6.92 Å². The molecule has 2 aromatic carbocycles. The molecule has 0 saturated heterocycles. The highest BCUT2D eigenvalue weighted by Crippen LogP contribution is 2.39. The van der Waals surface area contributed by atoms with E-state index in [-0.39, 0.29) is 5.91 Å². The van der Waals surface area contributed by atoms with Crippen molar-refractivity contribution in [3.8, 4) is 22.8 Å². The number of anilines is 1. The second-order valence-electron chi connectivity index (χ2n) is 6.43. The van der Waals surface area contributed by atoms with E-state index in [2.05, 4.69) is 12.2 Å². The second-order valence-corrected chi connectivity index (χ2v) is 7.51. The largest absolute Gasteiger partial charge is 0.497 e. The topological polar surface area (TPSA) is 60.5 Å². The molecule has 146 valence electrons. The third-order valence-electron chi connectivity index (χ3n) is 4.34. The number of nitrogens with one attached hydrogen (secondary N) is 1. The first-order chi connectivity index (χ1) is 13.5. The average molecular weight is 397 g/mol. The van der Waals surface area contributed by atoms with Crippen LogP contribution in [0.25, 0.3) is 11.3 Å². The van der Waals surface area contributed by atoms with Crippen molar-refractivity contribution in [1.82, 2.24) is 4.98 Å². The van der Waals surface area contributed by atoms with Gasteiger partial charge in [-0.05, 0) is 43.7 Å². The normalized spacial score (nSPS) is 10.6. The van der Waals surface area contributed by atoms with Crippen molar-refractivity contribution in [1.29, 1.82) is 0 Å². The van der Waals surface area contributed by atoms with E-state index < -0.39 is 0 Å². The fraction of sp³-hybridized carbons (Fsp3) is 0.273. The highest BCUT2D eigenvalue weighted by Gasteiger charge is 2.19. The summed E-state index contributed by atoms with van der Waals surface area (Å²) < 4.78 is 10.9. The van der Waals surface area contributed by atoms with Gasteiger partial charge in [-0.2, -0.15) is 0 Å². The van der Waals surface area contributed by atoms with Gasteiger partial charge in [0.1, 0.15) is 11.5 Å². The fourth-order valence-electron chi connectivity index (χ4n) is 2.97. The van der Waals surface area contributed by atoms with E-state index >= 15 is 0 Å². The summed E-state index contributed by atoms with van der Waals surface area (Å²) in [5.41, 5.74) is 3.34. The van der Waals surface area contributed by atoms with E-state index in [1.807, 2.05) is 43.3 Å². The van der Waals surface area contributed by atoms with Crippen molar-refractivity contribution >= 4 is 22.4 Å². The second kappa shape index (κ2) is 8.89. The molecule has 28 heavy (non-hydrogen) atoms. The highest BCUT2D eigenvalue weighted by molar-refractivity contribution is 7.16. The zero-order chi connectivity index (χ0) is 20.1. The average Bonchev–Trinajstić information content (AvgIpc) is 3.09. The van der Waals surface area contributed by atoms with E-state index in [9.17, 15) is 4.79 Å². The maximum Gasteiger partial charge on any atom is 0.257 e. The monoisotopic (exact) mass is 396 g/mol. The Balaban J connectivity index is 1.97. The molecule has 0 spiro atoms. The number of amides is 1. The molecule has 0 saturated carbocycles. The quantitative estimate of drug-likeness (QED) is 0.585. The number of nitrogens with zero attached hydrogens (tertiary/aromatic N) is 1. The summed E-state index contributed by atoms with van der Waals surface area (Å²) in [7, 11) is 3.27. The summed E-state index contributed by atoms with van der Waals surface area (Å²) in [4.78, 5) is 18.4. The summed E-state index contributed by atoms with van der Waals surface area (Å²) in [6.07, 6.45) is 1.85. The molecule has 1 heterocycles. The first kappa shape index (κ1) is 19.9. The zero-order valence-corrected chi connectivity index (χ0v) is 17.4. The molecule has 1 aromatic heterocycles. The lowest BCUT2D eigenvalue weighted by Gasteiger charge is -2.10. The van der Waals surface area contributed by atoms with Crippen LogP contribution in [0.15, 0.2) is 42.5 Å². The van der Waals surface area contributed by atoms with Gasteiger partial charge in [-0.15, -0.1) is 11.3 Å². The summed E-state index contributed by atoms with van der Waals surface area (Å²) in [5, 5.41) is 3.52. The lowest BCUT2D eigenvalue weighted by atomic mass is 10.1. The summed E-state index contributed by atoms with van der Waals surface area (Å²) in [5.74, 6) is 1.29. The number of ether oxygens (including phenoxy) is 2. The van der Waals surface area contributed by atoms with Crippen molar-refractivity contribution in [3.05, 3.63) is 58.5 Å². The Morgan fingerprint density at radius 2 is 1.96 bits per heavy atom. The van der Waals surface area contributed by atoms with Gasteiger partial charge in [0.25, 0.3) is 5.91 Å². The SMILES string of the molecule is CCCc1sc(NC(=O)c2cccc(C)c2)nc1-c1cc(OC)ccc1OC. The maximum atomic E-state index is 12.6. The molecule has 0 fully saturated rings. The summed E-state index contributed by atoms with van der Waals surface area (Å²) in [6, 6.07) is 13.1. The number of aryl methyl sites for hydroxylation is 2. The van der Waals surface area contributed by atoms with Gasteiger partial charge in [0.15, 0.2) is 5.13 Å². The number of aromatic nitrogens is 1. The van der Waals surface area contributed by atoms with Crippen LogP contribution in [0.3, 0.4) is 0 Å². The number of carbonyl (C=O) groups is 1. The molecule has 0 unspecified atom stereocenters. The Morgan fingerprint density at radius 3 is 2.64 bits per heavy atom. The Kier molecular flexibility index (Phi) is 6.31.